The summed E-state index contributed by atoms with van der Waals surface area (Å²) < 4.78 is 72.6. The van der Waals surface area contributed by atoms with Gasteiger partial charge in [-0.2, -0.15) is 10.2 Å². The first-order valence-corrected chi connectivity index (χ1v) is 10.8. The van der Waals surface area contributed by atoms with Crippen LogP contribution in [-0.4, -0.2) is 39.3 Å². The third-order valence-electron chi connectivity index (χ3n) is 4.68. The van der Waals surface area contributed by atoms with Crippen molar-refractivity contribution in [2.24, 2.45) is 7.05 Å². The molecular formula is C19H17F3N6O3S. The van der Waals surface area contributed by atoms with Gasteiger partial charge in [0.2, 0.25) is 5.88 Å². The molecule has 168 valence electrons. The molecule has 0 aliphatic carbocycles. The molecule has 0 spiro atoms. The van der Waals surface area contributed by atoms with E-state index in [0.717, 1.165) is 34.1 Å². The predicted molar refractivity (Wildman–Crippen MR) is 109 cm³/mol. The Hall–Kier alpha value is -3.61. The van der Waals surface area contributed by atoms with E-state index in [1.807, 2.05) is 19.1 Å². The van der Waals surface area contributed by atoms with E-state index < -0.39 is 22.3 Å². The number of hydrogen-bond donors (Lipinski definition) is 1. The highest BCUT2D eigenvalue weighted by Gasteiger charge is 2.32. The third kappa shape index (κ3) is 4.23. The molecule has 0 unspecified atom stereocenters. The number of fused-ring (bicyclic) bond motifs is 1. The van der Waals surface area contributed by atoms with Crippen molar-refractivity contribution in [2.45, 2.75) is 24.6 Å². The Labute approximate surface area is 180 Å². The van der Waals surface area contributed by atoms with E-state index in [4.69, 9.17) is 0 Å². The summed E-state index contributed by atoms with van der Waals surface area (Å²) in [6.45, 7) is 1.90. The molecule has 1 N–H and O–H groups in total. The first kappa shape index (κ1) is 21.6. The normalized spacial score (nSPS) is 12.3. The maximum Gasteiger partial charge on any atom is 0.574 e. The summed E-state index contributed by atoms with van der Waals surface area (Å²) in [6.07, 6.45) is 0.692. The molecular weight excluding hydrogens is 449 g/mol. The van der Waals surface area contributed by atoms with Crippen molar-refractivity contribution in [3.05, 3.63) is 54.6 Å². The van der Waals surface area contributed by atoms with Crippen LogP contribution in [0.25, 0.3) is 16.6 Å². The van der Waals surface area contributed by atoms with Gasteiger partial charge < -0.3 is 4.74 Å². The van der Waals surface area contributed by atoms with E-state index >= 15 is 0 Å². The van der Waals surface area contributed by atoms with Gasteiger partial charge in [-0.25, -0.2) is 18.1 Å². The first-order chi connectivity index (χ1) is 15.1. The van der Waals surface area contributed by atoms with Crippen LogP contribution in [0.4, 0.5) is 18.9 Å². The summed E-state index contributed by atoms with van der Waals surface area (Å²) >= 11 is 0. The van der Waals surface area contributed by atoms with Gasteiger partial charge in [-0.1, -0.05) is 19.1 Å². The van der Waals surface area contributed by atoms with E-state index in [9.17, 15) is 21.6 Å². The highest BCUT2D eigenvalue weighted by Crippen LogP contribution is 2.30. The summed E-state index contributed by atoms with van der Waals surface area (Å²) in [6, 6.07) is 6.05. The second-order valence-electron chi connectivity index (χ2n) is 6.79. The van der Waals surface area contributed by atoms with Crippen molar-refractivity contribution in [3.63, 3.8) is 0 Å². The van der Waals surface area contributed by atoms with Crippen LogP contribution in [0.3, 0.4) is 0 Å². The average molecular weight is 466 g/mol. The van der Waals surface area contributed by atoms with Crippen LogP contribution in [0, 0.1) is 0 Å². The fourth-order valence-electron chi connectivity index (χ4n) is 3.21. The number of aromatic nitrogens is 5. The number of alkyl halides is 3. The molecule has 4 aromatic rings. The van der Waals surface area contributed by atoms with Gasteiger partial charge in [-0.05, 0) is 18.1 Å². The summed E-state index contributed by atoms with van der Waals surface area (Å²) in [5, 5.41) is 8.91. The second-order valence-corrected chi connectivity index (χ2v) is 8.47. The summed E-state index contributed by atoms with van der Waals surface area (Å²) in [4.78, 5) is 3.32. The molecule has 13 heteroatoms. The van der Waals surface area contributed by atoms with Crippen molar-refractivity contribution in [2.75, 3.05) is 4.72 Å². The first-order valence-electron chi connectivity index (χ1n) is 9.30. The summed E-state index contributed by atoms with van der Waals surface area (Å²) in [5.74, 6) is -0.691. The Kier molecular flexibility index (Phi) is 5.28. The van der Waals surface area contributed by atoms with E-state index in [-0.39, 0.29) is 10.6 Å². The molecule has 0 aliphatic heterocycles. The molecule has 3 heterocycles. The van der Waals surface area contributed by atoms with E-state index in [1.165, 1.54) is 12.3 Å². The minimum absolute atomic E-state index is 0.142. The minimum atomic E-state index is -4.90. The lowest BCUT2D eigenvalue weighted by Crippen LogP contribution is -2.18. The Bertz CT molecular complexity index is 1400. The maximum atomic E-state index is 13.1. The van der Waals surface area contributed by atoms with E-state index in [1.54, 1.807) is 17.9 Å². The quantitative estimate of drug-likeness (QED) is 0.467. The van der Waals surface area contributed by atoms with Gasteiger partial charge in [0.15, 0.2) is 0 Å². The number of sulfonamides is 1. The lowest BCUT2D eigenvalue weighted by Gasteiger charge is -2.13. The SMILES string of the molecule is CCc1ccc2cnn(C)c2c1NS(=O)(=O)c1cnn(-c2ccnc(OC(F)(F)F)c2)c1. The number of aryl methyl sites for hydroxylation is 2. The number of benzene rings is 1. The Balaban J connectivity index is 1.68. The molecule has 0 aliphatic rings. The average Bonchev–Trinajstić information content (AvgIpc) is 3.35. The van der Waals surface area contributed by atoms with E-state index in [0.29, 0.717) is 17.6 Å². The van der Waals surface area contributed by atoms with Crippen molar-refractivity contribution in [1.82, 2.24) is 24.5 Å². The zero-order valence-corrected chi connectivity index (χ0v) is 17.6. The smallest absolute Gasteiger partial charge is 0.388 e. The number of halogens is 3. The summed E-state index contributed by atoms with van der Waals surface area (Å²) in [5.41, 5.74) is 1.95. The number of nitrogens with one attached hydrogen (secondary N) is 1. The number of rotatable bonds is 6. The van der Waals surface area contributed by atoms with Gasteiger partial charge in [0.1, 0.15) is 4.90 Å². The largest absolute Gasteiger partial charge is 0.574 e. The van der Waals surface area contributed by atoms with Crippen molar-refractivity contribution in [1.29, 1.82) is 0 Å². The fourth-order valence-corrected chi connectivity index (χ4v) is 4.25. The third-order valence-corrected chi connectivity index (χ3v) is 5.98. The zero-order chi connectivity index (χ0) is 23.1. The Morgan fingerprint density at radius 2 is 1.94 bits per heavy atom. The van der Waals surface area contributed by atoms with Crippen molar-refractivity contribution < 1.29 is 26.3 Å². The van der Waals surface area contributed by atoms with Gasteiger partial charge in [-0.15, -0.1) is 13.2 Å². The molecule has 0 radical (unpaired) electrons. The van der Waals surface area contributed by atoms with Crippen molar-refractivity contribution in [3.8, 4) is 11.6 Å². The molecule has 1 aromatic carbocycles. The van der Waals surface area contributed by atoms with Crippen LogP contribution in [0.5, 0.6) is 5.88 Å². The van der Waals surface area contributed by atoms with Crippen LogP contribution in [0.2, 0.25) is 0 Å². The van der Waals surface area contributed by atoms with Crippen LogP contribution in [0.15, 0.2) is 53.9 Å². The fraction of sp³-hybridized carbons (Fsp3) is 0.211. The van der Waals surface area contributed by atoms with Crippen LogP contribution < -0.4 is 9.46 Å². The molecule has 9 nitrogen and oxygen atoms in total. The number of anilines is 1. The van der Waals surface area contributed by atoms with Crippen LogP contribution in [0.1, 0.15) is 12.5 Å². The molecule has 3 aromatic heterocycles. The number of pyridine rings is 1. The zero-order valence-electron chi connectivity index (χ0n) is 16.8. The molecule has 0 fully saturated rings. The number of hydrogen-bond acceptors (Lipinski definition) is 6. The molecule has 0 bridgehead atoms. The lowest BCUT2D eigenvalue weighted by atomic mass is 10.1. The monoisotopic (exact) mass is 466 g/mol. The van der Waals surface area contributed by atoms with Crippen LogP contribution >= 0.6 is 0 Å². The molecule has 4 rings (SSSR count). The number of nitrogens with zero attached hydrogens (tertiary/aromatic N) is 5. The number of ether oxygens (including phenoxy) is 1. The minimum Gasteiger partial charge on any atom is -0.388 e. The summed E-state index contributed by atoms with van der Waals surface area (Å²) in [7, 11) is -2.35. The molecule has 0 amide bonds. The van der Waals surface area contributed by atoms with Crippen LogP contribution in [-0.2, 0) is 23.5 Å². The molecule has 0 atom stereocenters. The van der Waals surface area contributed by atoms with Crippen molar-refractivity contribution >= 4 is 26.6 Å². The molecule has 0 saturated carbocycles. The van der Waals surface area contributed by atoms with Gasteiger partial charge in [0.25, 0.3) is 10.0 Å². The highest BCUT2D eigenvalue weighted by molar-refractivity contribution is 7.92. The second kappa shape index (κ2) is 7.82. The van der Waals surface area contributed by atoms with Gasteiger partial charge in [-0.3, -0.25) is 9.40 Å². The maximum absolute atomic E-state index is 13.1. The lowest BCUT2D eigenvalue weighted by molar-refractivity contribution is -0.276. The Morgan fingerprint density at radius 3 is 2.66 bits per heavy atom. The van der Waals surface area contributed by atoms with Gasteiger partial charge >= 0.3 is 6.36 Å². The topological polar surface area (TPSA) is 104 Å². The molecule has 0 saturated heterocycles. The van der Waals surface area contributed by atoms with Gasteiger partial charge in [0.05, 0.1) is 35.5 Å². The van der Waals surface area contributed by atoms with E-state index in [2.05, 4.69) is 24.6 Å². The predicted octanol–water partition coefficient (Wildman–Crippen LogP) is 3.42. The highest BCUT2D eigenvalue weighted by atomic mass is 32.2. The molecule has 32 heavy (non-hydrogen) atoms. The Morgan fingerprint density at radius 1 is 1.16 bits per heavy atom. The standard InChI is InChI=1S/C19H17F3N6O3S/c1-3-12-4-5-13-9-24-27(2)18(13)17(12)26-32(29,30)15-10-25-28(11-15)14-6-7-23-16(8-14)31-19(20,21)22/h4-11,26H,3H2,1-2H3. The van der Waals surface area contributed by atoms with Gasteiger partial charge in [0, 0.05) is 24.7 Å².